The number of likely N-dealkylation sites (tertiary alicyclic amines) is 1. The molecule has 2 aliphatic rings. The first-order chi connectivity index (χ1) is 12.2. The van der Waals surface area contributed by atoms with Gasteiger partial charge in [-0.1, -0.05) is 19.1 Å². The monoisotopic (exact) mass is 338 g/mol. The summed E-state index contributed by atoms with van der Waals surface area (Å²) in [7, 11) is 0. The predicted molar refractivity (Wildman–Crippen MR) is 99.5 cm³/mol. The minimum Gasteiger partial charge on any atom is -0.355 e. The smallest absolute Gasteiger partial charge is 0.225 e. The van der Waals surface area contributed by atoms with Gasteiger partial charge in [-0.15, -0.1) is 0 Å². The third-order valence-electron chi connectivity index (χ3n) is 5.57. The molecule has 132 valence electrons. The molecule has 5 nitrogen and oxygen atoms in total. The van der Waals surface area contributed by atoms with Crippen LogP contribution < -0.4 is 4.90 Å². The van der Waals surface area contributed by atoms with E-state index in [1.165, 1.54) is 6.42 Å². The number of carbonyl (C=O) groups is 1. The van der Waals surface area contributed by atoms with Crippen LogP contribution in [0.4, 0.5) is 5.82 Å². The lowest BCUT2D eigenvalue weighted by molar-refractivity contribution is -0.137. The van der Waals surface area contributed by atoms with Crippen LogP contribution in [-0.2, 0) is 4.79 Å². The van der Waals surface area contributed by atoms with E-state index in [1.54, 1.807) is 0 Å². The Morgan fingerprint density at radius 2 is 1.84 bits per heavy atom. The molecule has 0 aliphatic carbocycles. The molecule has 0 saturated carbocycles. The lowest BCUT2D eigenvalue weighted by Gasteiger charge is -2.37. The summed E-state index contributed by atoms with van der Waals surface area (Å²) in [5.41, 5.74) is 1.86. The number of para-hydroxylation sites is 2. The van der Waals surface area contributed by atoms with Crippen LogP contribution in [0.25, 0.3) is 11.0 Å². The van der Waals surface area contributed by atoms with E-state index in [0.717, 1.165) is 62.3 Å². The number of anilines is 1. The summed E-state index contributed by atoms with van der Waals surface area (Å²) < 4.78 is 0. The Bertz CT molecular complexity index is 754. The topological polar surface area (TPSA) is 49.3 Å². The average molecular weight is 338 g/mol. The molecule has 3 heterocycles. The fraction of sp³-hybridized carbons (Fsp3) is 0.550. The first-order valence-electron chi connectivity index (χ1n) is 9.46. The summed E-state index contributed by atoms with van der Waals surface area (Å²) in [5, 5.41) is 0. The zero-order valence-corrected chi connectivity index (χ0v) is 14.9. The van der Waals surface area contributed by atoms with E-state index in [1.807, 2.05) is 30.5 Å². The molecule has 2 saturated heterocycles. The molecule has 5 heteroatoms. The van der Waals surface area contributed by atoms with Crippen molar-refractivity contribution < 1.29 is 4.79 Å². The van der Waals surface area contributed by atoms with Crippen LogP contribution in [0, 0.1) is 11.8 Å². The zero-order valence-electron chi connectivity index (χ0n) is 14.9. The second kappa shape index (κ2) is 6.98. The fourth-order valence-corrected chi connectivity index (χ4v) is 4.10. The first kappa shape index (κ1) is 16.3. The van der Waals surface area contributed by atoms with Crippen LogP contribution in [0.15, 0.2) is 30.5 Å². The van der Waals surface area contributed by atoms with Crippen molar-refractivity contribution in [3.63, 3.8) is 0 Å². The number of carbonyl (C=O) groups excluding carboxylic acids is 1. The summed E-state index contributed by atoms with van der Waals surface area (Å²) in [6.07, 6.45) is 6.09. The molecule has 1 amide bonds. The molecule has 2 aromatic rings. The van der Waals surface area contributed by atoms with Gasteiger partial charge in [-0.2, -0.15) is 0 Å². The summed E-state index contributed by atoms with van der Waals surface area (Å²) in [4.78, 5) is 26.4. The van der Waals surface area contributed by atoms with Crippen molar-refractivity contribution in [2.45, 2.75) is 32.6 Å². The van der Waals surface area contributed by atoms with Gasteiger partial charge in [-0.25, -0.2) is 4.98 Å². The third-order valence-corrected chi connectivity index (χ3v) is 5.57. The molecule has 0 spiro atoms. The standard InChI is InChI=1S/C20H26N4O/c1-15-5-4-10-24(14-15)20(25)16-8-11-23(12-9-16)19-13-21-17-6-2-3-7-18(17)22-19/h2-3,6-7,13,15-16H,4-5,8-12,14H2,1H3. The second-order valence-corrected chi connectivity index (χ2v) is 7.51. The van der Waals surface area contributed by atoms with Gasteiger partial charge in [0.05, 0.1) is 17.2 Å². The molecule has 0 radical (unpaired) electrons. The number of hydrogen-bond acceptors (Lipinski definition) is 4. The van der Waals surface area contributed by atoms with Gasteiger partial charge >= 0.3 is 0 Å². The molecule has 0 N–H and O–H groups in total. The molecule has 25 heavy (non-hydrogen) atoms. The van der Waals surface area contributed by atoms with Crippen LogP contribution in [0.1, 0.15) is 32.6 Å². The molecule has 2 aliphatic heterocycles. The summed E-state index contributed by atoms with van der Waals surface area (Å²) in [6, 6.07) is 7.96. The molecule has 1 atom stereocenters. The summed E-state index contributed by atoms with van der Waals surface area (Å²) in [6.45, 7) is 5.90. The molecule has 1 aromatic heterocycles. The van der Waals surface area contributed by atoms with Gasteiger partial charge in [0.25, 0.3) is 0 Å². The van der Waals surface area contributed by atoms with E-state index in [-0.39, 0.29) is 5.92 Å². The molecule has 1 aromatic carbocycles. The molecule has 4 rings (SSSR count). The van der Waals surface area contributed by atoms with E-state index in [2.05, 4.69) is 21.7 Å². The van der Waals surface area contributed by atoms with Crippen LogP contribution >= 0.6 is 0 Å². The number of aromatic nitrogens is 2. The molecular formula is C20H26N4O. The maximum atomic E-state index is 12.8. The quantitative estimate of drug-likeness (QED) is 0.844. The van der Waals surface area contributed by atoms with Gasteiger partial charge in [0.2, 0.25) is 5.91 Å². The number of fused-ring (bicyclic) bond motifs is 1. The lowest BCUT2D eigenvalue weighted by atomic mass is 9.93. The summed E-state index contributed by atoms with van der Waals surface area (Å²) >= 11 is 0. The van der Waals surface area contributed by atoms with E-state index >= 15 is 0 Å². The Morgan fingerprint density at radius 1 is 1.08 bits per heavy atom. The second-order valence-electron chi connectivity index (χ2n) is 7.51. The minimum atomic E-state index is 0.176. The van der Waals surface area contributed by atoms with Crippen LogP contribution in [0.3, 0.4) is 0 Å². The molecule has 2 fully saturated rings. The molecule has 1 unspecified atom stereocenters. The molecular weight excluding hydrogens is 312 g/mol. The largest absolute Gasteiger partial charge is 0.355 e. The normalized spacial score (nSPS) is 22.4. The van der Waals surface area contributed by atoms with Crippen molar-refractivity contribution in [2.24, 2.45) is 11.8 Å². The highest BCUT2D eigenvalue weighted by atomic mass is 16.2. The number of benzene rings is 1. The van der Waals surface area contributed by atoms with E-state index in [9.17, 15) is 4.79 Å². The Balaban J connectivity index is 1.39. The van der Waals surface area contributed by atoms with Crippen molar-refractivity contribution >= 4 is 22.8 Å². The van der Waals surface area contributed by atoms with Crippen molar-refractivity contribution in [3.05, 3.63) is 30.5 Å². The van der Waals surface area contributed by atoms with Gasteiger partial charge < -0.3 is 9.80 Å². The average Bonchev–Trinajstić information content (AvgIpc) is 2.67. The van der Waals surface area contributed by atoms with Gasteiger partial charge in [-0.05, 0) is 43.7 Å². The van der Waals surface area contributed by atoms with Crippen molar-refractivity contribution in [1.29, 1.82) is 0 Å². The maximum Gasteiger partial charge on any atom is 0.225 e. The fourth-order valence-electron chi connectivity index (χ4n) is 4.10. The number of hydrogen-bond donors (Lipinski definition) is 0. The minimum absolute atomic E-state index is 0.176. The van der Waals surface area contributed by atoms with Crippen molar-refractivity contribution in [3.8, 4) is 0 Å². The number of piperidine rings is 2. The van der Waals surface area contributed by atoms with Crippen molar-refractivity contribution in [2.75, 3.05) is 31.1 Å². The molecule has 0 bridgehead atoms. The van der Waals surface area contributed by atoms with Crippen LogP contribution in [0.2, 0.25) is 0 Å². The summed E-state index contributed by atoms with van der Waals surface area (Å²) in [5.74, 6) is 2.12. The van der Waals surface area contributed by atoms with Crippen LogP contribution in [0.5, 0.6) is 0 Å². The number of rotatable bonds is 2. The Kier molecular flexibility index (Phi) is 4.55. The number of nitrogens with zero attached hydrogens (tertiary/aromatic N) is 4. The third kappa shape index (κ3) is 3.46. The Labute approximate surface area is 149 Å². The maximum absolute atomic E-state index is 12.8. The van der Waals surface area contributed by atoms with Crippen LogP contribution in [-0.4, -0.2) is 47.0 Å². The predicted octanol–water partition coefficient (Wildman–Crippen LogP) is 3.10. The highest BCUT2D eigenvalue weighted by Gasteiger charge is 2.30. The van der Waals surface area contributed by atoms with Gasteiger partial charge in [-0.3, -0.25) is 9.78 Å². The highest BCUT2D eigenvalue weighted by Crippen LogP contribution is 2.26. The Morgan fingerprint density at radius 3 is 2.60 bits per heavy atom. The van der Waals surface area contributed by atoms with Gasteiger partial charge in [0, 0.05) is 32.1 Å². The van der Waals surface area contributed by atoms with E-state index < -0.39 is 0 Å². The highest BCUT2D eigenvalue weighted by molar-refractivity contribution is 5.79. The van der Waals surface area contributed by atoms with E-state index in [4.69, 9.17) is 4.98 Å². The van der Waals surface area contributed by atoms with Crippen molar-refractivity contribution in [1.82, 2.24) is 14.9 Å². The first-order valence-corrected chi connectivity index (χ1v) is 9.46. The Hall–Kier alpha value is -2.17. The zero-order chi connectivity index (χ0) is 17.2. The number of amides is 1. The lowest BCUT2D eigenvalue weighted by Crippen LogP contribution is -2.46. The van der Waals surface area contributed by atoms with E-state index in [0.29, 0.717) is 11.8 Å². The van der Waals surface area contributed by atoms with Gasteiger partial charge in [0.1, 0.15) is 5.82 Å². The van der Waals surface area contributed by atoms with Gasteiger partial charge in [0.15, 0.2) is 0 Å². The SMILES string of the molecule is CC1CCCN(C(=O)C2CCN(c3cnc4ccccc4n3)CC2)C1.